The number of nitrogens with one attached hydrogen (secondary N) is 2. The zero-order valence-electron chi connectivity index (χ0n) is 13.1. The van der Waals surface area contributed by atoms with Crippen molar-refractivity contribution in [1.82, 2.24) is 10.6 Å². The van der Waals surface area contributed by atoms with E-state index in [1.54, 1.807) is 12.1 Å². The molecule has 1 heterocycles. The van der Waals surface area contributed by atoms with Gasteiger partial charge in [0.2, 0.25) is 5.91 Å². The summed E-state index contributed by atoms with van der Waals surface area (Å²) in [6.45, 7) is 0.0480. The topological polar surface area (TPSA) is 114 Å². The molecule has 8 nitrogen and oxygen atoms in total. The zero-order chi connectivity index (χ0) is 17.4. The molecule has 1 aliphatic rings. The maximum Gasteiger partial charge on any atom is 0.408 e. The average molecular weight is 336 g/mol. The lowest BCUT2D eigenvalue weighted by atomic mass is 10.2. The van der Waals surface area contributed by atoms with Crippen molar-refractivity contribution in [3.05, 3.63) is 35.9 Å². The van der Waals surface area contributed by atoms with Gasteiger partial charge in [-0.2, -0.15) is 0 Å². The molecular formula is C16H20N2O6. The van der Waals surface area contributed by atoms with Crippen LogP contribution in [0.25, 0.3) is 0 Å². The van der Waals surface area contributed by atoms with E-state index in [-0.39, 0.29) is 31.8 Å². The second-order valence-electron chi connectivity index (χ2n) is 5.44. The molecular weight excluding hydrogens is 316 g/mol. The van der Waals surface area contributed by atoms with Crippen molar-refractivity contribution in [2.24, 2.45) is 0 Å². The fourth-order valence-electron chi connectivity index (χ4n) is 2.21. The Morgan fingerprint density at radius 3 is 2.71 bits per heavy atom. The summed E-state index contributed by atoms with van der Waals surface area (Å²) in [5.74, 6) is -1.26. The van der Waals surface area contributed by atoms with Crippen LogP contribution in [0, 0.1) is 0 Å². The minimum absolute atomic E-state index is 0.0407. The molecule has 0 aliphatic carbocycles. The highest BCUT2D eigenvalue weighted by atomic mass is 16.5. The van der Waals surface area contributed by atoms with Crippen LogP contribution in [0.4, 0.5) is 4.79 Å². The molecule has 2 rings (SSSR count). The normalized spacial score (nSPS) is 17.8. The Balaban J connectivity index is 1.70. The average Bonchev–Trinajstić information content (AvgIpc) is 2.98. The summed E-state index contributed by atoms with van der Waals surface area (Å²) in [6, 6.07) is 7.72. The number of hydrogen-bond acceptors (Lipinski definition) is 5. The van der Waals surface area contributed by atoms with E-state index in [1.165, 1.54) is 0 Å². The first kappa shape index (κ1) is 17.7. The van der Waals surface area contributed by atoms with Gasteiger partial charge in [-0.15, -0.1) is 0 Å². The van der Waals surface area contributed by atoms with Crippen molar-refractivity contribution in [3.63, 3.8) is 0 Å². The molecule has 1 saturated heterocycles. The Morgan fingerprint density at radius 2 is 2.08 bits per heavy atom. The van der Waals surface area contributed by atoms with Crippen LogP contribution in [0.1, 0.15) is 18.4 Å². The van der Waals surface area contributed by atoms with E-state index < -0.39 is 18.1 Å². The first-order chi connectivity index (χ1) is 11.5. The van der Waals surface area contributed by atoms with E-state index >= 15 is 0 Å². The molecule has 2 amide bonds. The second kappa shape index (κ2) is 8.88. The first-order valence-electron chi connectivity index (χ1n) is 7.61. The van der Waals surface area contributed by atoms with Crippen molar-refractivity contribution in [2.75, 3.05) is 13.2 Å². The van der Waals surface area contributed by atoms with Gasteiger partial charge in [0.25, 0.3) is 0 Å². The lowest BCUT2D eigenvalue weighted by Gasteiger charge is -2.16. The van der Waals surface area contributed by atoms with Crippen LogP contribution in [-0.4, -0.2) is 48.4 Å². The van der Waals surface area contributed by atoms with Gasteiger partial charge < -0.3 is 25.2 Å². The summed E-state index contributed by atoms with van der Waals surface area (Å²) in [5.41, 5.74) is 0.799. The highest BCUT2D eigenvalue weighted by molar-refractivity contribution is 5.80. The molecule has 0 spiro atoms. The summed E-state index contributed by atoms with van der Waals surface area (Å²) in [6.07, 6.45) is 0.271. The third-order valence-corrected chi connectivity index (χ3v) is 3.49. The molecule has 2 atom stereocenters. The number of aliphatic carboxylic acids is 1. The first-order valence-corrected chi connectivity index (χ1v) is 7.61. The minimum Gasteiger partial charge on any atom is -0.480 e. The molecule has 0 radical (unpaired) electrons. The fourth-order valence-corrected chi connectivity index (χ4v) is 2.21. The van der Waals surface area contributed by atoms with Crippen LogP contribution in [0.3, 0.4) is 0 Å². The molecule has 24 heavy (non-hydrogen) atoms. The lowest BCUT2D eigenvalue weighted by molar-refractivity contribution is -0.141. The van der Waals surface area contributed by atoms with Crippen molar-refractivity contribution < 1.29 is 29.0 Å². The zero-order valence-corrected chi connectivity index (χ0v) is 13.1. The molecule has 0 bridgehead atoms. The number of carboxylic acid groups (broad SMARTS) is 1. The highest BCUT2D eigenvalue weighted by Crippen LogP contribution is 2.07. The van der Waals surface area contributed by atoms with Crippen LogP contribution in [0.2, 0.25) is 0 Å². The van der Waals surface area contributed by atoms with Gasteiger partial charge in [0.1, 0.15) is 6.61 Å². The summed E-state index contributed by atoms with van der Waals surface area (Å²) in [7, 11) is 0. The Labute approximate surface area is 139 Å². The van der Waals surface area contributed by atoms with Crippen molar-refractivity contribution in [2.45, 2.75) is 31.5 Å². The fraction of sp³-hybridized carbons (Fsp3) is 0.438. The van der Waals surface area contributed by atoms with Crippen molar-refractivity contribution in [3.8, 4) is 0 Å². The summed E-state index contributed by atoms with van der Waals surface area (Å²) in [5, 5.41) is 14.1. The second-order valence-corrected chi connectivity index (χ2v) is 5.44. The Kier molecular flexibility index (Phi) is 6.56. The van der Waals surface area contributed by atoms with Crippen LogP contribution in [-0.2, 0) is 25.7 Å². The summed E-state index contributed by atoms with van der Waals surface area (Å²) >= 11 is 0. The van der Waals surface area contributed by atoms with E-state index in [1.807, 2.05) is 18.2 Å². The van der Waals surface area contributed by atoms with Gasteiger partial charge in [-0.3, -0.25) is 4.79 Å². The number of benzene rings is 1. The molecule has 1 aliphatic heterocycles. The van der Waals surface area contributed by atoms with Crippen LogP contribution in [0.5, 0.6) is 0 Å². The van der Waals surface area contributed by atoms with E-state index in [0.29, 0.717) is 12.8 Å². The number of ether oxygens (including phenoxy) is 2. The molecule has 0 unspecified atom stereocenters. The van der Waals surface area contributed by atoms with Gasteiger partial charge in [0.05, 0.1) is 19.3 Å². The van der Waals surface area contributed by atoms with Gasteiger partial charge in [0, 0.05) is 6.42 Å². The number of carbonyl (C=O) groups is 3. The largest absolute Gasteiger partial charge is 0.480 e. The third kappa shape index (κ3) is 5.88. The van der Waals surface area contributed by atoms with Gasteiger partial charge in [0.15, 0.2) is 6.04 Å². The number of hydrogen-bond donors (Lipinski definition) is 3. The maximum atomic E-state index is 11.7. The molecule has 0 saturated carbocycles. The summed E-state index contributed by atoms with van der Waals surface area (Å²) in [4.78, 5) is 33.9. The molecule has 1 fully saturated rings. The van der Waals surface area contributed by atoms with Crippen LogP contribution >= 0.6 is 0 Å². The van der Waals surface area contributed by atoms with Gasteiger partial charge in [-0.1, -0.05) is 30.3 Å². The van der Waals surface area contributed by atoms with Crippen LogP contribution < -0.4 is 10.6 Å². The standard InChI is InChI=1S/C16H20N2O6/c19-14-7-6-12(17-14)9-23-10-13(15(20)21)18-16(22)24-8-11-4-2-1-3-5-11/h1-5,12-13H,6-10H2,(H,17,19)(H,18,22)(H,20,21)/t12-,13-/m0/s1. The quantitative estimate of drug-likeness (QED) is 0.643. The predicted octanol–water partition coefficient (Wildman–Crippen LogP) is 0.661. The Bertz CT molecular complexity index is 577. The van der Waals surface area contributed by atoms with Gasteiger partial charge in [-0.25, -0.2) is 9.59 Å². The summed E-state index contributed by atoms with van der Waals surface area (Å²) < 4.78 is 10.3. The molecule has 1 aromatic rings. The van der Waals surface area contributed by atoms with Gasteiger partial charge in [-0.05, 0) is 12.0 Å². The van der Waals surface area contributed by atoms with Crippen molar-refractivity contribution in [1.29, 1.82) is 0 Å². The SMILES string of the molecule is O=C1CC[C@@H](COC[C@H](NC(=O)OCc2ccccc2)C(=O)O)N1. The molecule has 8 heteroatoms. The number of carbonyl (C=O) groups excluding carboxylic acids is 2. The van der Waals surface area contributed by atoms with Crippen molar-refractivity contribution >= 4 is 18.0 Å². The maximum absolute atomic E-state index is 11.7. The Hall–Kier alpha value is -2.61. The predicted molar refractivity (Wildman–Crippen MR) is 83.2 cm³/mol. The Morgan fingerprint density at radius 1 is 1.33 bits per heavy atom. The smallest absolute Gasteiger partial charge is 0.408 e. The molecule has 3 N–H and O–H groups in total. The number of alkyl carbamates (subject to hydrolysis) is 1. The molecule has 130 valence electrons. The third-order valence-electron chi connectivity index (χ3n) is 3.49. The van der Waals surface area contributed by atoms with Gasteiger partial charge >= 0.3 is 12.1 Å². The highest BCUT2D eigenvalue weighted by Gasteiger charge is 2.24. The molecule has 0 aromatic heterocycles. The number of rotatable bonds is 8. The lowest BCUT2D eigenvalue weighted by Crippen LogP contribution is -2.45. The van der Waals surface area contributed by atoms with E-state index in [0.717, 1.165) is 5.56 Å². The van der Waals surface area contributed by atoms with Crippen LogP contribution in [0.15, 0.2) is 30.3 Å². The number of amides is 2. The minimum atomic E-state index is -1.22. The molecule has 1 aromatic carbocycles. The van der Waals surface area contributed by atoms with E-state index in [9.17, 15) is 14.4 Å². The number of carboxylic acids is 1. The monoisotopic (exact) mass is 336 g/mol. The van der Waals surface area contributed by atoms with E-state index in [4.69, 9.17) is 14.6 Å². The van der Waals surface area contributed by atoms with E-state index in [2.05, 4.69) is 10.6 Å².